The quantitative estimate of drug-likeness (QED) is 0.769. The fraction of sp³-hybridized carbons (Fsp3) is 0.333. The Morgan fingerprint density at radius 1 is 1.20 bits per heavy atom. The molecular weight excluding hydrogens is 232 g/mol. The van der Waals surface area contributed by atoms with Gasteiger partial charge in [0.15, 0.2) is 5.01 Å². The van der Waals surface area contributed by atoms with Gasteiger partial charge in [0, 0.05) is 30.3 Å². The van der Waals surface area contributed by atoms with Crippen molar-refractivity contribution in [3.8, 4) is 10.6 Å². The molecule has 0 aliphatic heterocycles. The van der Waals surface area contributed by atoms with E-state index >= 15 is 0 Å². The van der Waals surface area contributed by atoms with Gasteiger partial charge in [0.1, 0.15) is 11.3 Å². The van der Waals surface area contributed by atoms with Crippen LogP contribution in [0.2, 0.25) is 0 Å². The lowest BCUT2D eigenvalue weighted by Crippen LogP contribution is -1.84. The number of alkyl halides is 1. The van der Waals surface area contributed by atoms with Crippen LogP contribution >= 0.6 is 22.9 Å². The fourth-order valence-corrected chi connectivity index (χ4v) is 2.09. The average molecular weight is 241 g/mol. The first-order valence-corrected chi connectivity index (χ1v) is 5.89. The molecule has 0 unspecified atom stereocenters. The van der Waals surface area contributed by atoms with Crippen LogP contribution in [0.5, 0.6) is 0 Å². The topological polar surface area (TPSA) is 51.6 Å². The van der Waals surface area contributed by atoms with E-state index in [4.69, 9.17) is 11.6 Å². The van der Waals surface area contributed by atoms with E-state index in [0.717, 1.165) is 28.4 Å². The van der Waals surface area contributed by atoms with Crippen LogP contribution in [0.1, 0.15) is 11.4 Å². The molecule has 2 aromatic rings. The smallest absolute Gasteiger partial charge is 0.150 e. The summed E-state index contributed by atoms with van der Waals surface area (Å²) in [5.74, 6) is 0.656. The summed E-state index contributed by atoms with van der Waals surface area (Å²) in [4.78, 5) is 7.88. The molecule has 0 radical (unpaired) electrons. The van der Waals surface area contributed by atoms with E-state index in [-0.39, 0.29) is 0 Å². The minimum Gasteiger partial charge on any atom is -0.244 e. The number of halogens is 1. The van der Waals surface area contributed by atoms with E-state index in [1.54, 1.807) is 23.7 Å². The minimum absolute atomic E-state index is 0.656. The van der Waals surface area contributed by atoms with Gasteiger partial charge in [-0.1, -0.05) is 11.3 Å². The lowest BCUT2D eigenvalue weighted by Gasteiger charge is -1.90. The summed E-state index contributed by atoms with van der Waals surface area (Å²) in [5, 5.41) is 10.0. The van der Waals surface area contributed by atoms with Gasteiger partial charge in [-0.15, -0.1) is 21.8 Å². The second-order valence-electron chi connectivity index (χ2n) is 2.92. The predicted octanol–water partition coefficient (Wildman–Crippen LogP) is 2.17. The average Bonchev–Trinajstić information content (AvgIpc) is 2.76. The monoisotopic (exact) mass is 240 g/mol. The third-order valence-electron chi connectivity index (χ3n) is 1.80. The zero-order valence-corrected chi connectivity index (χ0v) is 9.50. The number of hydrogen-bond donors (Lipinski definition) is 0. The summed E-state index contributed by atoms with van der Waals surface area (Å²) in [6.45, 7) is 0. The number of hydrogen-bond acceptors (Lipinski definition) is 5. The van der Waals surface area contributed by atoms with Gasteiger partial charge in [-0.2, -0.15) is 0 Å². The summed E-state index contributed by atoms with van der Waals surface area (Å²) in [6, 6.07) is 0. The summed E-state index contributed by atoms with van der Waals surface area (Å²) < 4.78 is 0. The molecule has 78 valence electrons. The Kier molecular flexibility index (Phi) is 3.58. The third-order valence-corrected chi connectivity index (χ3v) is 3.10. The van der Waals surface area contributed by atoms with E-state index < -0.39 is 0 Å². The summed E-state index contributed by atoms with van der Waals surface area (Å²) >= 11 is 7.18. The maximum absolute atomic E-state index is 5.61. The Labute approximate surface area is 96.4 Å². The predicted molar refractivity (Wildman–Crippen MR) is 60.0 cm³/mol. The van der Waals surface area contributed by atoms with Gasteiger partial charge in [0.25, 0.3) is 0 Å². The van der Waals surface area contributed by atoms with Gasteiger partial charge < -0.3 is 0 Å². The molecule has 6 heteroatoms. The van der Waals surface area contributed by atoms with Gasteiger partial charge in [-0.05, 0) is 6.42 Å². The second-order valence-corrected chi connectivity index (χ2v) is 4.36. The lowest BCUT2D eigenvalue weighted by atomic mass is 10.4. The molecule has 4 nitrogen and oxygen atoms in total. The highest BCUT2D eigenvalue weighted by Crippen LogP contribution is 2.22. The molecule has 0 saturated carbocycles. The molecule has 0 N–H and O–H groups in total. The summed E-state index contributed by atoms with van der Waals surface area (Å²) in [7, 11) is 0. The summed E-state index contributed by atoms with van der Waals surface area (Å²) in [6.07, 6.45) is 6.78. The van der Waals surface area contributed by atoms with Crippen LogP contribution < -0.4 is 0 Å². The second kappa shape index (κ2) is 5.14. The molecule has 0 atom stereocenters. The van der Waals surface area contributed by atoms with Crippen LogP contribution in [0, 0.1) is 0 Å². The van der Waals surface area contributed by atoms with Gasteiger partial charge >= 0.3 is 0 Å². The van der Waals surface area contributed by atoms with Crippen molar-refractivity contribution >= 4 is 22.9 Å². The summed E-state index contributed by atoms with van der Waals surface area (Å²) in [5.41, 5.74) is 0.909. The first-order chi connectivity index (χ1) is 7.40. The molecule has 0 saturated heterocycles. The van der Waals surface area contributed by atoms with Gasteiger partial charge in [0.05, 0.1) is 0 Å². The van der Waals surface area contributed by atoms with Crippen molar-refractivity contribution < 1.29 is 0 Å². The molecule has 2 heterocycles. The molecule has 0 aliphatic carbocycles. The highest BCUT2D eigenvalue weighted by atomic mass is 35.5. The highest BCUT2D eigenvalue weighted by molar-refractivity contribution is 7.14. The molecular formula is C9H9ClN4S. The Balaban J connectivity index is 2.14. The molecule has 0 aromatic carbocycles. The molecule has 15 heavy (non-hydrogen) atoms. The molecule has 0 bridgehead atoms. The largest absolute Gasteiger partial charge is 0.244 e. The standard InChI is InChI=1S/C9H9ClN4S/c10-3-1-2-8-13-14-9(15-8)7-4-11-6-12-5-7/h4-6H,1-3H2. The first-order valence-electron chi connectivity index (χ1n) is 4.54. The van der Waals surface area contributed by atoms with E-state index in [0.29, 0.717) is 5.88 Å². The van der Waals surface area contributed by atoms with Gasteiger partial charge in [0.2, 0.25) is 0 Å². The Bertz CT molecular complexity index is 417. The van der Waals surface area contributed by atoms with E-state index in [1.807, 2.05) is 0 Å². The third kappa shape index (κ3) is 2.70. The van der Waals surface area contributed by atoms with E-state index in [2.05, 4.69) is 20.2 Å². The SMILES string of the molecule is ClCCCc1nnc(-c2cncnc2)s1. The van der Waals surface area contributed by atoms with Crippen LogP contribution in [-0.2, 0) is 6.42 Å². The number of rotatable bonds is 4. The van der Waals surface area contributed by atoms with Crippen molar-refractivity contribution in [1.82, 2.24) is 20.2 Å². The molecule has 2 aromatic heterocycles. The van der Waals surface area contributed by atoms with Crippen molar-refractivity contribution in [3.05, 3.63) is 23.7 Å². The van der Waals surface area contributed by atoms with Crippen molar-refractivity contribution in [2.75, 3.05) is 5.88 Å². The zero-order chi connectivity index (χ0) is 10.5. The molecule has 2 rings (SSSR count). The van der Waals surface area contributed by atoms with E-state index in [1.165, 1.54) is 6.33 Å². The van der Waals surface area contributed by atoms with Crippen LogP contribution in [-0.4, -0.2) is 26.0 Å². The van der Waals surface area contributed by atoms with Crippen LogP contribution in [0.3, 0.4) is 0 Å². The molecule has 0 aliphatic rings. The van der Waals surface area contributed by atoms with E-state index in [9.17, 15) is 0 Å². The zero-order valence-electron chi connectivity index (χ0n) is 7.93. The molecule has 0 amide bonds. The number of nitrogens with zero attached hydrogens (tertiary/aromatic N) is 4. The van der Waals surface area contributed by atoms with Crippen molar-refractivity contribution in [2.45, 2.75) is 12.8 Å². The number of aryl methyl sites for hydroxylation is 1. The van der Waals surface area contributed by atoms with Crippen LogP contribution in [0.15, 0.2) is 18.7 Å². The maximum atomic E-state index is 5.61. The minimum atomic E-state index is 0.656. The van der Waals surface area contributed by atoms with Crippen molar-refractivity contribution in [3.63, 3.8) is 0 Å². The Hall–Kier alpha value is -1.07. The van der Waals surface area contributed by atoms with Gasteiger partial charge in [-0.25, -0.2) is 9.97 Å². The van der Waals surface area contributed by atoms with Crippen molar-refractivity contribution in [2.24, 2.45) is 0 Å². The maximum Gasteiger partial charge on any atom is 0.150 e. The van der Waals surface area contributed by atoms with Gasteiger partial charge in [-0.3, -0.25) is 0 Å². The number of aromatic nitrogens is 4. The van der Waals surface area contributed by atoms with Crippen LogP contribution in [0.25, 0.3) is 10.6 Å². The highest BCUT2D eigenvalue weighted by Gasteiger charge is 2.06. The molecule has 0 fully saturated rings. The Morgan fingerprint density at radius 2 is 2.00 bits per heavy atom. The fourth-order valence-electron chi connectivity index (χ4n) is 1.10. The molecule has 0 spiro atoms. The normalized spacial score (nSPS) is 10.5. The lowest BCUT2D eigenvalue weighted by molar-refractivity contribution is 0.884. The van der Waals surface area contributed by atoms with Crippen LogP contribution in [0.4, 0.5) is 0 Å². The van der Waals surface area contributed by atoms with Crippen molar-refractivity contribution in [1.29, 1.82) is 0 Å². The Morgan fingerprint density at radius 3 is 2.73 bits per heavy atom. The first kappa shape index (κ1) is 10.4.